The van der Waals surface area contributed by atoms with Crippen LogP contribution < -0.4 is 11.1 Å². The van der Waals surface area contributed by atoms with E-state index in [1.165, 1.54) is 23.8 Å². The first-order valence-electron chi connectivity index (χ1n) is 8.66. The number of nitrogen functional groups attached to an aromatic ring is 1. The largest absolute Gasteiger partial charge is 0.399 e. The Bertz CT molecular complexity index is 913. The fraction of sp³-hybridized carbons (Fsp3) is 0.238. The molecule has 0 fully saturated rings. The maximum Gasteiger partial charge on any atom is 0.131 e. The van der Waals surface area contributed by atoms with Gasteiger partial charge in [0.05, 0.1) is 5.00 Å². The Hall–Kier alpha value is -2.44. The van der Waals surface area contributed by atoms with Crippen LogP contribution in [0, 0.1) is 18.6 Å². The van der Waals surface area contributed by atoms with E-state index in [4.69, 9.17) is 5.73 Å². The second-order valence-corrected chi connectivity index (χ2v) is 7.80. The van der Waals surface area contributed by atoms with Crippen LogP contribution in [0.1, 0.15) is 16.7 Å². The molecule has 0 radical (unpaired) electrons. The fourth-order valence-electron chi connectivity index (χ4n) is 2.96. The van der Waals surface area contributed by atoms with Crippen LogP contribution in [0.15, 0.2) is 42.5 Å². The number of thiophene rings is 1. The summed E-state index contributed by atoms with van der Waals surface area (Å²) in [4.78, 5) is 3.24. The first kappa shape index (κ1) is 19.3. The minimum atomic E-state index is -0.538. The van der Waals surface area contributed by atoms with Crippen molar-refractivity contribution in [1.82, 2.24) is 4.90 Å². The van der Waals surface area contributed by atoms with Gasteiger partial charge in [0.1, 0.15) is 11.6 Å². The summed E-state index contributed by atoms with van der Waals surface area (Å²) in [6.45, 7) is 2.91. The highest BCUT2D eigenvalue weighted by Gasteiger charge is 2.18. The number of nitrogens with zero attached hydrogens (tertiary/aromatic N) is 1. The zero-order valence-electron chi connectivity index (χ0n) is 15.6. The second-order valence-electron chi connectivity index (χ2n) is 6.78. The third-order valence-electron chi connectivity index (χ3n) is 4.41. The molecule has 0 aliphatic heterocycles. The van der Waals surface area contributed by atoms with Gasteiger partial charge in [-0.3, -0.25) is 0 Å². The van der Waals surface area contributed by atoms with Gasteiger partial charge in [0.15, 0.2) is 0 Å². The maximum atomic E-state index is 13.9. The van der Waals surface area contributed by atoms with Crippen molar-refractivity contribution in [3.63, 3.8) is 0 Å². The lowest BCUT2D eigenvalue weighted by molar-refractivity contribution is 0.403. The van der Waals surface area contributed by atoms with Crippen molar-refractivity contribution in [2.75, 3.05) is 25.1 Å². The van der Waals surface area contributed by atoms with E-state index < -0.39 is 11.6 Å². The summed E-state index contributed by atoms with van der Waals surface area (Å²) in [5.41, 5.74) is 9.96. The third-order valence-corrected chi connectivity index (χ3v) is 5.75. The molecule has 0 aliphatic rings. The van der Waals surface area contributed by atoms with E-state index in [1.54, 1.807) is 11.3 Å². The number of nitrogens with one attached hydrogen (secondary N) is 1. The fourth-order valence-corrected chi connectivity index (χ4v) is 4.18. The van der Waals surface area contributed by atoms with E-state index in [-0.39, 0.29) is 12.1 Å². The summed E-state index contributed by atoms with van der Waals surface area (Å²) < 4.78 is 27.8. The molecule has 0 bridgehead atoms. The van der Waals surface area contributed by atoms with Gasteiger partial charge in [-0.15, -0.1) is 11.3 Å². The van der Waals surface area contributed by atoms with Crippen molar-refractivity contribution in [3.05, 3.63) is 70.8 Å². The first-order valence-corrected chi connectivity index (χ1v) is 9.48. The number of hydrogen-bond acceptors (Lipinski definition) is 4. The molecule has 0 unspecified atom stereocenters. The van der Waals surface area contributed by atoms with Crippen molar-refractivity contribution in [1.29, 1.82) is 0 Å². The van der Waals surface area contributed by atoms with Gasteiger partial charge in [-0.25, -0.2) is 8.78 Å². The van der Waals surface area contributed by atoms with Crippen molar-refractivity contribution < 1.29 is 8.78 Å². The summed E-state index contributed by atoms with van der Waals surface area (Å²) in [6.07, 6.45) is 0. The molecule has 27 heavy (non-hydrogen) atoms. The molecule has 3 nitrogen and oxygen atoms in total. The molecule has 6 heteroatoms. The molecule has 142 valence electrons. The molecular weight excluding hydrogens is 364 g/mol. The molecule has 1 aromatic heterocycles. The smallest absolute Gasteiger partial charge is 0.131 e. The van der Waals surface area contributed by atoms with Crippen LogP contribution in [-0.2, 0) is 13.1 Å². The molecule has 0 aliphatic carbocycles. The van der Waals surface area contributed by atoms with E-state index in [0.29, 0.717) is 0 Å². The van der Waals surface area contributed by atoms with Crippen LogP contribution in [0.25, 0.3) is 10.4 Å². The van der Waals surface area contributed by atoms with Crippen LogP contribution in [0.3, 0.4) is 0 Å². The van der Waals surface area contributed by atoms with Crippen LogP contribution in [-0.4, -0.2) is 19.0 Å². The molecule has 3 rings (SSSR count). The van der Waals surface area contributed by atoms with Crippen molar-refractivity contribution >= 4 is 22.0 Å². The van der Waals surface area contributed by atoms with Crippen molar-refractivity contribution in [2.45, 2.75) is 20.0 Å². The zero-order valence-corrected chi connectivity index (χ0v) is 16.5. The van der Waals surface area contributed by atoms with Crippen LogP contribution in [0.2, 0.25) is 0 Å². The Morgan fingerprint density at radius 2 is 1.63 bits per heavy atom. The number of benzene rings is 2. The lowest BCUT2D eigenvalue weighted by Crippen LogP contribution is -2.11. The van der Waals surface area contributed by atoms with Crippen molar-refractivity contribution in [2.24, 2.45) is 0 Å². The first-order chi connectivity index (χ1) is 12.9. The minimum absolute atomic E-state index is 0.0495. The Morgan fingerprint density at radius 3 is 2.22 bits per heavy atom. The number of halogens is 2. The highest BCUT2D eigenvalue weighted by molar-refractivity contribution is 7.19. The topological polar surface area (TPSA) is 41.3 Å². The van der Waals surface area contributed by atoms with Gasteiger partial charge in [0.25, 0.3) is 0 Å². The third kappa shape index (κ3) is 4.28. The Morgan fingerprint density at radius 1 is 1.00 bits per heavy atom. The van der Waals surface area contributed by atoms with Crippen LogP contribution in [0.5, 0.6) is 0 Å². The van der Waals surface area contributed by atoms with Gasteiger partial charge < -0.3 is 16.0 Å². The molecule has 0 saturated carbocycles. The Balaban J connectivity index is 1.95. The molecule has 2 aromatic carbocycles. The average Bonchev–Trinajstić information content (AvgIpc) is 2.91. The molecule has 0 saturated heterocycles. The monoisotopic (exact) mass is 387 g/mol. The molecular formula is C21H23F2N3S. The number of anilines is 2. The quantitative estimate of drug-likeness (QED) is 0.567. The normalized spacial score (nSPS) is 11.2. The summed E-state index contributed by atoms with van der Waals surface area (Å²) >= 11 is 1.59. The average molecular weight is 387 g/mol. The van der Waals surface area contributed by atoms with Gasteiger partial charge in [-0.2, -0.15) is 0 Å². The number of hydrogen-bond donors (Lipinski definition) is 2. The summed E-state index contributed by atoms with van der Waals surface area (Å²) in [5, 5.41) is 4.14. The van der Waals surface area contributed by atoms with Crippen LogP contribution >= 0.6 is 11.3 Å². The highest BCUT2D eigenvalue weighted by atomic mass is 32.1. The molecule has 0 spiro atoms. The van der Waals surface area contributed by atoms with Gasteiger partial charge in [-0.1, -0.05) is 18.2 Å². The van der Waals surface area contributed by atoms with Crippen LogP contribution in [0.4, 0.5) is 19.5 Å². The lowest BCUT2D eigenvalue weighted by Gasteiger charge is -2.12. The summed E-state index contributed by atoms with van der Waals surface area (Å²) in [7, 11) is 4.04. The predicted molar refractivity (Wildman–Crippen MR) is 110 cm³/mol. The predicted octanol–water partition coefficient (Wildman–Crippen LogP) is 5.26. The van der Waals surface area contributed by atoms with Crippen molar-refractivity contribution in [3.8, 4) is 10.4 Å². The van der Waals surface area contributed by atoms with Gasteiger partial charge >= 0.3 is 0 Å². The van der Waals surface area contributed by atoms with E-state index in [2.05, 4.69) is 10.2 Å². The summed E-state index contributed by atoms with van der Waals surface area (Å²) in [5.74, 6) is -1.08. The molecule has 0 amide bonds. The molecule has 1 heterocycles. The zero-order chi connectivity index (χ0) is 19.6. The minimum Gasteiger partial charge on any atom is -0.399 e. The Kier molecular flexibility index (Phi) is 5.77. The lowest BCUT2D eigenvalue weighted by atomic mass is 10.1. The highest BCUT2D eigenvalue weighted by Crippen LogP contribution is 2.41. The van der Waals surface area contributed by atoms with E-state index in [9.17, 15) is 8.78 Å². The number of rotatable bonds is 6. The Labute approximate surface area is 162 Å². The second kappa shape index (κ2) is 8.06. The molecule has 3 aromatic rings. The van der Waals surface area contributed by atoms with E-state index in [1.807, 2.05) is 45.3 Å². The van der Waals surface area contributed by atoms with E-state index in [0.717, 1.165) is 33.2 Å². The molecule has 0 atom stereocenters. The number of nitrogens with two attached hydrogens (primary N) is 1. The molecule has 3 N–H and O–H groups in total. The van der Waals surface area contributed by atoms with E-state index >= 15 is 0 Å². The SMILES string of the molecule is Cc1c(NCc2c(F)cccc2F)sc(-c2ccc(N)cc2)c1CN(C)C. The van der Waals surface area contributed by atoms with Gasteiger partial charge in [0.2, 0.25) is 0 Å². The van der Waals surface area contributed by atoms with Gasteiger partial charge in [0, 0.05) is 29.2 Å². The van der Waals surface area contributed by atoms with Gasteiger partial charge in [-0.05, 0) is 62.0 Å². The summed E-state index contributed by atoms with van der Waals surface area (Å²) in [6, 6.07) is 11.7. The maximum absolute atomic E-state index is 13.9. The standard InChI is InChI=1S/C21H23F2N3S/c1-13-17(12-26(2)3)20(14-7-9-15(24)10-8-14)27-21(13)25-11-16-18(22)5-4-6-19(16)23/h4-10,25H,11-12,24H2,1-3H3.